The number of aliphatic hydroxyl groups excluding tert-OH is 1. The van der Waals surface area contributed by atoms with Gasteiger partial charge in [-0.3, -0.25) is 4.79 Å². The van der Waals surface area contributed by atoms with E-state index in [0.717, 1.165) is 12.8 Å². The molecule has 2 aromatic heterocycles. The number of para-hydroxylation sites is 1. The minimum Gasteiger partial charge on any atom is -0.457 e. The van der Waals surface area contributed by atoms with Gasteiger partial charge in [-0.2, -0.15) is 0 Å². The van der Waals surface area contributed by atoms with Crippen LogP contribution < -0.4 is 10.1 Å². The Hall–Kier alpha value is -3.46. The molecule has 0 aliphatic carbocycles. The van der Waals surface area contributed by atoms with Gasteiger partial charge in [-0.1, -0.05) is 29.8 Å². The summed E-state index contributed by atoms with van der Waals surface area (Å²) in [4.78, 5) is 25.2. The third kappa shape index (κ3) is 4.61. The molecule has 1 saturated heterocycles. The lowest BCUT2D eigenvalue weighted by atomic mass is 10.0. The zero-order valence-corrected chi connectivity index (χ0v) is 19.0. The molecule has 1 unspecified atom stereocenters. The number of fused-ring (bicyclic) bond motifs is 1. The summed E-state index contributed by atoms with van der Waals surface area (Å²) in [5, 5.41) is 13.5. The van der Waals surface area contributed by atoms with Crippen LogP contribution in [0.4, 0.5) is 5.82 Å². The van der Waals surface area contributed by atoms with E-state index in [9.17, 15) is 9.90 Å². The van der Waals surface area contributed by atoms with Crippen molar-refractivity contribution >= 4 is 34.2 Å². The highest BCUT2D eigenvalue weighted by Gasteiger charge is 2.25. The first-order chi connectivity index (χ1) is 16.6. The third-order valence-corrected chi connectivity index (χ3v) is 6.11. The van der Waals surface area contributed by atoms with E-state index in [4.69, 9.17) is 21.1 Å². The summed E-state index contributed by atoms with van der Waals surface area (Å²) in [6.07, 6.45) is 4.49. The van der Waals surface area contributed by atoms with Crippen molar-refractivity contribution in [2.75, 3.05) is 18.5 Å². The molecule has 1 aliphatic rings. The van der Waals surface area contributed by atoms with E-state index in [0.29, 0.717) is 46.1 Å². The Morgan fingerprint density at radius 2 is 2.00 bits per heavy atom. The molecule has 2 aromatic carbocycles. The predicted molar refractivity (Wildman–Crippen MR) is 129 cm³/mol. The maximum absolute atomic E-state index is 13.5. The first-order valence-electron chi connectivity index (χ1n) is 11.0. The second-order valence-corrected chi connectivity index (χ2v) is 8.50. The second kappa shape index (κ2) is 9.80. The van der Waals surface area contributed by atoms with Crippen molar-refractivity contribution < 1.29 is 19.4 Å². The van der Waals surface area contributed by atoms with Crippen LogP contribution in [-0.2, 0) is 4.74 Å². The molecule has 34 heavy (non-hydrogen) atoms. The first-order valence-corrected chi connectivity index (χ1v) is 11.4. The average Bonchev–Trinajstić information content (AvgIpc) is 3.30. The number of ketones is 1. The molecule has 3 N–H and O–H groups in total. The van der Waals surface area contributed by atoms with Gasteiger partial charge in [-0.25, -0.2) is 9.97 Å². The maximum Gasteiger partial charge on any atom is 0.196 e. The molecule has 2 atom stereocenters. The number of aromatic nitrogens is 3. The summed E-state index contributed by atoms with van der Waals surface area (Å²) in [6.45, 7) is 0.454. The molecule has 3 heterocycles. The Balaban J connectivity index is 1.40. The van der Waals surface area contributed by atoms with E-state index in [2.05, 4.69) is 20.3 Å². The number of rotatable bonds is 7. The number of aliphatic hydroxyl groups is 1. The van der Waals surface area contributed by atoms with Crippen LogP contribution in [0.5, 0.6) is 11.5 Å². The number of carbonyl (C=O) groups excluding carboxylic acids is 1. The molecule has 0 radical (unpaired) electrons. The molecule has 0 amide bonds. The molecule has 1 fully saturated rings. The summed E-state index contributed by atoms with van der Waals surface area (Å²) in [5.74, 6) is 1.52. The van der Waals surface area contributed by atoms with Crippen LogP contribution in [0.25, 0.3) is 11.0 Å². The van der Waals surface area contributed by atoms with Gasteiger partial charge >= 0.3 is 0 Å². The Labute approximate surface area is 200 Å². The van der Waals surface area contributed by atoms with Crippen molar-refractivity contribution in [3.8, 4) is 11.5 Å². The van der Waals surface area contributed by atoms with Crippen LogP contribution in [0, 0.1) is 0 Å². The highest BCUT2D eigenvalue weighted by atomic mass is 35.5. The van der Waals surface area contributed by atoms with Gasteiger partial charge < -0.3 is 24.9 Å². The van der Waals surface area contributed by atoms with E-state index >= 15 is 0 Å². The summed E-state index contributed by atoms with van der Waals surface area (Å²) in [5.41, 5.74) is 1.32. The number of hydrogen-bond donors (Lipinski definition) is 3. The number of H-pyrrole nitrogens is 1. The van der Waals surface area contributed by atoms with Crippen molar-refractivity contribution in [3.63, 3.8) is 0 Å². The van der Waals surface area contributed by atoms with Gasteiger partial charge in [-0.15, -0.1) is 0 Å². The van der Waals surface area contributed by atoms with E-state index in [1.54, 1.807) is 24.4 Å². The van der Waals surface area contributed by atoms with E-state index in [1.807, 2.05) is 30.3 Å². The van der Waals surface area contributed by atoms with Crippen molar-refractivity contribution in [2.24, 2.45) is 0 Å². The maximum atomic E-state index is 13.5. The quantitative estimate of drug-likeness (QED) is 0.333. The highest BCUT2D eigenvalue weighted by molar-refractivity contribution is 6.35. The Morgan fingerprint density at radius 3 is 2.74 bits per heavy atom. The lowest BCUT2D eigenvalue weighted by Gasteiger charge is -2.29. The smallest absolute Gasteiger partial charge is 0.196 e. The van der Waals surface area contributed by atoms with Gasteiger partial charge in [0, 0.05) is 17.8 Å². The van der Waals surface area contributed by atoms with Crippen LogP contribution in [0.15, 0.2) is 61.1 Å². The minimum absolute atomic E-state index is 0.0108. The number of ether oxygens (including phenoxy) is 2. The van der Waals surface area contributed by atoms with Gasteiger partial charge in [-0.05, 0) is 37.1 Å². The fourth-order valence-corrected chi connectivity index (χ4v) is 4.28. The lowest BCUT2D eigenvalue weighted by molar-refractivity contribution is -0.0224. The number of carbonyl (C=O) groups is 1. The van der Waals surface area contributed by atoms with Crippen LogP contribution in [0.2, 0.25) is 5.02 Å². The zero-order valence-electron chi connectivity index (χ0n) is 18.2. The van der Waals surface area contributed by atoms with Crippen molar-refractivity contribution in [3.05, 3.63) is 77.2 Å². The third-order valence-electron chi connectivity index (χ3n) is 5.79. The van der Waals surface area contributed by atoms with Gasteiger partial charge in [0.15, 0.2) is 5.78 Å². The van der Waals surface area contributed by atoms with Gasteiger partial charge in [0.1, 0.15) is 29.3 Å². The monoisotopic (exact) mass is 478 g/mol. The van der Waals surface area contributed by atoms with Gasteiger partial charge in [0.25, 0.3) is 0 Å². The number of nitrogens with one attached hydrogen (secondary N) is 2. The molecule has 0 saturated carbocycles. The van der Waals surface area contributed by atoms with Crippen molar-refractivity contribution in [1.82, 2.24) is 15.0 Å². The van der Waals surface area contributed by atoms with Crippen molar-refractivity contribution in [1.29, 1.82) is 0 Å². The molecule has 8 nitrogen and oxygen atoms in total. The normalized spacial score (nSPS) is 18.1. The van der Waals surface area contributed by atoms with Crippen LogP contribution in [0.1, 0.15) is 28.8 Å². The topological polar surface area (TPSA) is 109 Å². The largest absolute Gasteiger partial charge is 0.457 e. The summed E-state index contributed by atoms with van der Waals surface area (Å²) >= 11 is 6.49. The Kier molecular flexibility index (Phi) is 6.44. The van der Waals surface area contributed by atoms with Crippen molar-refractivity contribution in [2.45, 2.75) is 25.0 Å². The Morgan fingerprint density at radius 1 is 1.15 bits per heavy atom. The standard InChI is InChI=1S/C25H23ClN4O4/c26-21-10-17(34-16-4-2-1-3-5-16)8-9-19(21)23(32)20-11-27-24-22(20)25(29-14-28-24)30-15-6-7-18(12-31)33-13-15/h1-5,8-11,14-15,18,31H,6-7,12-13H2,(H2,27,28,29,30)/t15?,18-/m0/s1. The number of hydrogen-bond acceptors (Lipinski definition) is 7. The number of benzene rings is 2. The SMILES string of the molecule is O=C(c1ccc(Oc2ccccc2)cc1Cl)c1c[nH]c2ncnc(NC3CC[C@@H](CO)OC3)c12. The molecular formula is C25H23ClN4O4. The van der Waals surface area contributed by atoms with Crippen LogP contribution in [-0.4, -0.2) is 51.2 Å². The molecule has 0 spiro atoms. The number of nitrogens with zero attached hydrogens (tertiary/aromatic N) is 2. The number of aromatic amines is 1. The predicted octanol–water partition coefficient (Wildman–Crippen LogP) is 4.59. The molecule has 0 bridgehead atoms. The van der Waals surface area contributed by atoms with Crippen LogP contribution in [0.3, 0.4) is 0 Å². The van der Waals surface area contributed by atoms with Gasteiger partial charge in [0.05, 0.1) is 41.3 Å². The van der Waals surface area contributed by atoms with Crippen LogP contribution >= 0.6 is 11.6 Å². The molecule has 1 aliphatic heterocycles. The zero-order chi connectivity index (χ0) is 23.5. The summed E-state index contributed by atoms with van der Waals surface area (Å²) in [7, 11) is 0. The lowest BCUT2D eigenvalue weighted by Crippen LogP contribution is -2.36. The number of anilines is 1. The van der Waals surface area contributed by atoms with E-state index < -0.39 is 0 Å². The fraction of sp³-hybridized carbons (Fsp3) is 0.240. The Bertz CT molecular complexity index is 1300. The number of halogens is 1. The van der Waals surface area contributed by atoms with Gasteiger partial charge in [0.2, 0.25) is 0 Å². The summed E-state index contributed by atoms with van der Waals surface area (Å²) in [6, 6.07) is 14.4. The minimum atomic E-state index is -0.249. The molecule has 174 valence electrons. The fourth-order valence-electron chi connectivity index (χ4n) is 4.02. The first kappa shape index (κ1) is 22.3. The summed E-state index contributed by atoms with van der Waals surface area (Å²) < 4.78 is 11.5. The molecule has 5 rings (SSSR count). The molecule has 4 aromatic rings. The molecular weight excluding hydrogens is 456 g/mol. The highest BCUT2D eigenvalue weighted by Crippen LogP contribution is 2.32. The molecule has 9 heteroatoms. The van der Waals surface area contributed by atoms with E-state index in [1.165, 1.54) is 6.33 Å². The average molecular weight is 479 g/mol. The van der Waals surface area contributed by atoms with E-state index in [-0.39, 0.29) is 29.6 Å². The second-order valence-electron chi connectivity index (χ2n) is 8.09.